The highest BCUT2D eigenvalue weighted by Gasteiger charge is 2.09. The molecule has 0 aromatic carbocycles. The van der Waals surface area contributed by atoms with Gasteiger partial charge in [0.05, 0.1) is 29.5 Å². The molecule has 0 saturated heterocycles. The number of nitrogens with one attached hydrogen (secondary N) is 2. The molecule has 132 valence electrons. The Labute approximate surface area is 150 Å². The number of rotatable bonds is 5. The molecule has 0 radical (unpaired) electrons. The fraction of sp³-hybridized carbons (Fsp3) is 0.211. The molecule has 7 heteroatoms. The topological polar surface area (TPSA) is 76.2 Å². The van der Waals surface area contributed by atoms with Crippen LogP contribution in [0.1, 0.15) is 11.3 Å². The Kier molecular flexibility index (Phi) is 4.14. The average Bonchev–Trinajstić information content (AvgIpc) is 3.05. The predicted molar refractivity (Wildman–Crippen MR) is 103 cm³/mol. The van der Waals surface area contributed by atoms with Crippen molar-refractivity contribution in [3.8, 4) is 0 Å². The van der Waals surface area contributed by atoms with Gasteiger partial charge in [0, 0.05) is 43.8 Å². The quantitative estimate of drug-likeness (QED) is 0.576. The Morgan fingerprint density at radius 1 is 1.08 bits per heavy atom. The van der Waals surface area contributed by atoms with Crippen molar-refractivity contribution in [2.45, 2.75) is 13.1 Å². The zero-order valence-corrected chi connectivity index (χ0v) is 14.7. The van der Waals surface area contributed by atoms with Gasteiger partial charge in [0.25, 0.3) is 5.56 Å². The number of aromatic nitrogens is 4. The molecule has 26 heavy (non-hydrogen) atoms. The third-order valence-electron chi connectivity index (χ3n) is 4.44. The molecule has 0 amide bonds. The van der Waals surface area contributed by atoms with Gasteiger partial charge in [-0.05, 0) is 24.7 Å². The molecule has 4 aromatic heterocycles. The molecule has 7 nitrogen and oxygen atoms in total. The molecule has 4 aromatic rings. The van der Waals surface area contributed by atoms with Gasteiger partial charge >= 0.3 is 0 Å². The lowest BCUT2D eigenvalue weighted by Gasteiger charge is -2.08. The number of anilines is 1. The standard InChI is InChI=1S/C19H20N6O/c1-20-7-13-3-4-18-23-14(12-25(18)10-13)11-24-6-5-15-16(19(24)26)8-22-9-17(15)21-2/h3-6,8-10,12,20-21H,7,11H2,1-2H3. The second kappa shape index (κ2) is 6.61. The molecule has 0 atom stereocenters. The van der Waals surface area contributed by atoms with E-state index in [1.165, 1.54) is 5.56 Å². The monoisotopic (exact) mass is 348 g/mol. The summed E-state index contributed by atoms with van der Waals surface area (Å²) in [6, 6.07) is 5.98. The van der Waals surface area contributed by atoms with E-state index in [1.54, 1.807) is 17.0 Å². The van der Waals surface area contributed by atoms with E-state index in [0.717, 1.165) is 29.0 Å². The lowest BCUT2D eigenvalue weighted by atomic mass is 10.2. The summed E-state index contributed by atoms with van der Waals surface area (Å²) >= 11 is 0. The first-order valence-electron chi connectivity index (χ1n) is 8.45. The van der Waals surface area contributed by atoms with Crippen molar-refractivity contribution in [3.05, 3.63) is 70.8 Å². The maximum atomic E-state index is 12.8. The van der Waals surface area contributed by atoms with E-state index in [4.69, 9.17) is 0 Å². The molecular weight excluding hydrogens is 328 g/mol. The van der Waals surface area contributed by atoms with Gasteiger partial charge in [-0.25, -0.2) is 4.98 Å². The minimum atomic E-state index is -0.0694. The van der Waals surface area contributed by atoms with Crippen molar-refractivity contribution >= 4 is 22.1 Å². The number of pyridine rings is 3. The van der Waals surface area contributed by atoms with Crippen LogP contribution in [0.5, 0.6) is 0 Å². The van der Waals surface area contributed by atoms with E-state index in [1.807, 2.05) is 43.0 Å². The molecule has 0 aliphatic heterocycles. The van der Waals surface area contributed by atoms with Gasteiger partial charge in [-0.2, -0.15) is 0 Å². The minimum absolute atomic E-state index is 0.0694. The first-order valence-corrected chi connectivity index (χ1v) is 8.45. The van der Waals surface area contributed by atoms with E-state index < -0.39 is 0 Å². The Morgan fingerprint density at radius 2 is 1.96 bits per heavy atom. The van der Waals surface area contributed by atoms with E-state index in [2.05, 4.69) is 32.9 Å². The van der Waals surface area contributed by atoms with Crippen molar-refractivity contribution in [2.75, 3.05) is 19.4 Å². The van der Waals surface area contributed by atoms with Crippen molar-refractivity contribution in [1.82, 2.24) is 24.3 Å². The highest BCUT2D eigenvalue weighted by Crippen LogP contribution is 2.18. The lowest BCUT2D eigenvalue weighted by molar-refractivity contribution is 0.752. The van der Waals surface area contributed by atoms with Crippen LogP contribution in [0.15, 0.2) is 54.0 Å². The molecule has 0 aliphatic carbocycles. The molecule has 0 saturated carbocycles. The molecule has 4 heterocycles. The zero-order valence-electron chi connectivity index (χ0n) is 14.7. The largest absolute Gasteiger partial charge is 0.386 e. The summed E-state index contributed by atoms with van der Waals surface area (Å²) < 4.78 is 3.66. The molecular formula is C19H20N6O. The van der Waals surface area contributed by atoms with Gasteiger partial charge < -0.3 is 19.6 Å². The summed E-state index contributed by atoms with van der Waals surface area (Å²) in [5.41, 5.74) is 3.66. The van der Waals surface area contributed by atoms with Crippen molar-refractivity contribution in [1.29, 1.82) is 0 Å². The third-order valence-corrected chi connectivity index (χ3v) is 4.44. The maximum Gasteiger partial charge on any atom is 0.260 e. The summed E-state index contributed by atoms with van der Waals surface area (Å²) in [4.78, 5) is 21.6. The second-order valence-electron chi connectivity index (χ2n) is 6.21. The highest BCUT2D eigenvalue weighted by molar-refractivity contribution is 5.92. The van der Waals surface area contributed by atoms with Gasteiger partial charge in [0.15, 0.2) is 0 Å². The minimum Gasteiger partial charge on any atom is -0.386 e. The molecule has 4 rings (SSSR count). The maximum absolute atomic E-state index is 12.8. The highest BCUT2D eigenvalue weighted by atomic mass is 16.1. The molecule has 0 unspecified atom stereocenters. The Morgan fingerprint density at radius 3 is 2.77 bits per heavy atom. The number of hydrogen-bond acceptors (Lipinski definition) is 5. The van der Waals surface area contributed by atoms with Crippen LogP contribution in [0.4, 0.5) is 5.69 Å². The van der Waals surface area contributed by atoms with Gasteiger partial charge in [-0.1, -0.05) is 6.07 Å². The summed E-state index contributed by atoms with van der Waals surface area (Å²) in [6.45, 7) is 1.22. The summed E-state index contributed by atoms with van der Waals surface area (Å²) in [7, 11) is 3.74. The summed E-state index contributed by atoms with van der Waals surface area (Å²) in [5, 5.41) is 7.67. The number of imidazole rings is 1. The van der Waals surface area contributed by atoms with E-state index in [9.17, 15) is 4.79 Å². The predicted octanol–water partition coefficient (Wildman–Crippen LogP) is 1.85. The van der Waals surface area contributed by atoms with E-state index >= 15 is 0 Å². The fourth-order valence-corrected chi connectivity index (χ4v) is 3.18. The summed E-state index contributed by atoms with van der Waals surface area (Å²) in [5.74, 6) is 0. The van der Waals surface area contributed by atoms with Crippen LogP contribution in [0.25, 0.3) is 16.4 Å². The van der Waals surface area contributed by atoms with Crippen LogP contribution >= 0.6 is 0 Å². The van der Waals surface area contributed by atoms with Crippen LogP contribution in [0, 0.1) is 0 Å². The molecule has 0 aliphatic rings. The first kappa shape index (κ1) is 16.3. The van der Waals surface area contributed by atoms with Gasteiger partial charge in [0.1, 0.15) is 5.65 Å². The van der Waals surface area contributed by atoms with Crippen LogP contribution in [0.2, 0.25) is 0 Å². The van der Waals surface area contributed by atoms with Crippen molar-refractivity contribution in [3.63, 3.8) is 0 Å². The van der Waals surface area contributed by atoms with Crippen LogP contribution < -0.4 is 16.2 Å². The second-order valence-corrected chi connectivity index (χ2v) is 6.21. The van der Waals surface area contributed by atoms with Crippen LogP contribution in [-0.2, 0) is 13.1 Å². The fourth-order valence-electron chi connectivity index (χ4n) is 3.18. The molecule has 0 fully saturated rings. The molecule has 0 bridgehead atoms. The van der Waals surface area contributed by atoms with Gasteiger partial charge in [-0.3, -0.25) is 9.78 Å². The first-order chi connectivity index (χ1) is 12.7. The van der Waals surface area contributed by atoms with Gasteiger partial charge in [0.2, 0.25) is 0 Å². The molecule has 0 spiro atoms. The van der Waals surface area contributed by atoms with E-state index in [-0.39, 0.29) is 5.56 Å². The number of nitrogens with zero attached hydrogens (tertiary/aromatic N) is 4. The van der Waals surface area contributed by atoms with Gasteiger partial charge in [-0.15, -0.1) is 0 Å². The van der Waals surface area contributed by atoms with E-state index in [0.29, 0.717) is 11.9 Å². The summed E-state index contributed by atoms with van der Waals surface area (Å²) in [6.07, 6.45) is 9.16. The average molecular weight is 348 g/mol. The van der Waals surface area contributed by atoms with Crippen molar-refractivity contribution in [2.24, 2.45) is 0 Å². The normalized spacial score (nSPS) is 11.3. The van der Waals surface area contributed by atoms with Crippen LogP contribution in [-0.4, -0.2) is 33.0 Å². The zero-order chi connectivity index (χ0) is 18.1. The Hall–Kier alpha value is -3.19. The smallest absolute Gasteiger partial charge is 0.260 e. The third kappa shape index (κ3) is 2.82. The Balaban J connectivity index is 1.72. The number of fused-ring (bicyclic) bond motifs is 2. The Bertz CT molecular complexity index is 1140. The molecule has 2 N–H and O–H groups in total. The number of hydrogen-bond donors (Lipinski definition) is 2. The lowest BCUT2D eigenvalue weighted by Crippen LogP contribution is -2.20. The van der Waals surface area contributed by atoms with Crippen molar-refractivity contribution < 1.29 is 0 Å². The van der Waals surface area contributed by atoms with Crippen LogP contribution in [0.3, 0.4) is 0 Å². The SMILES string of the molecule is CNCc1ccc2nc(Cn3ccc4c(NC)cncc4c3=O)cn2c1.